The predicted molar refractivity (Wildman–Crippen MR) is 57.7 cm³/mol. The maximum Gasteiger partial charge on any atom is 0.276 e. The van der Waals surface area contributed by atoms with Crippen LogP contribution >= 0.6 is 0 Å². The van der Waals surface area contributed by atoms with Gasteiger partial charge in [0, 0.05) is 5.69 Å². The van der Waals surface area contributed by atoms with Crippen LogP contribution in [0.4, 0.5) is 10.1 Å². The van der Waals surface area contributed by atoms with Crippen molar-refractivity contribution in [3.63, 3.8) is 0 Å². The lowest BCUT2D eigenvalue weighted by Crippen LogP contribution is -2.13. The molecule has 2 N–H and O–H groups in total. The molecule has 0 bridgehead atoms. The van der Waals surface area contributed by atoms with Crippen LogP contribution in [-0.4, -0.2) is 16.1 Å². The summed E-state index contributed by atoms with van der Waals surface area (Å²) in [5.74, 6) is -0.905. The van der Waals surface area contributed by atoms with Gasteiger partial charge in [0.1, 0.15) is 5.82 Å². The lowest BCUT2D eigenvalue weighted by atomic mass is 10.3. The van der Waals surface area contributed by atoms with E-state index >= 15 is 0 Å². The molecule has 1 heterocycles. The molecule has 0 saturated heterocycles. The molecule has 82 valence electrons. The lowest BCUT2D eigenvalue weighted by molar-refractivity contribution is 0.102. The van der Waals surface area contributed by atoms with Crippen LogP contribution in [0, 0.1) is 12.7 Å². The zero-order valence-corrected chi connectivity index (χ0v) is 8.62. The van der Waals surface area contributed by atoms with Crippen molar-refractivity contribution in [3.05, 3.63) is 47.5 Å². The number of halogens is 1. The minimum absolute atomic E-state index is 0.146. The van der Waals surface area contributed by atoms with Crippen LogP contribution in [0.15, 0.2) is 30.3 Å². The van der Waals surface area contributed by atoms with Crippen LogP contribution in [0.2, 0.25) is 0 Å². The molecule has 1 aromatic heterocycles. The summed E-state index contributed by atoms with van der Waals surface area (Å²) in [7, 11) is 0. The van der Waals surface area contributed by atoms with Crippen LogP contribution in [0.3, 0.4) is 0 Å². The summed E-state index contributed by atoms with van der Waals surface area (Å²) in [6.45, 7) is 1.78. The fourth-order valence-corrected chi connectivity index (χ4v) is 1.28. The Morgan fingerprint density at radius 2 is 2.19 bits per heavy atom. The number of amides is 1. The predicted octanol–water partition coefficient (Wildman–Crippen LogP) is 2.11. The van der Waals surface area contributed by atoms with Crippen molar-refractivity contribution >= 4 is 11.6 Å². The second-order valence-electron chi connectivity index (χ2n) is 3.37. The van der Waals surface area contributed by atoms with Crippen LogP contribution < -0.4 is 5.32 Å². The monoisotopic (exact) mass is 219 g/mol. The number of aryl methyl sites for hydroxylation is 1. The highest BCUT2D eigenvalue weighted by molar-refractivity contribution is 6.02. The second-order valence-corrected chi connectivity index (χ2v) is 3.37. The van der Waals surface area contributed by atoms with E-state index in [1.54, 1.807) is 25.1 Å². The number of nitrogens with one attached hydrogen (secondary N) is 2. The summed E-state index contributed by atoms with van der Waals surface area (Å²) in [5, 5.41) is 8.87. The van der Waals surface area contributed by atoms with E-state index in [9.17, 15) is 9.18 Å². The van der Waals surface area contributed by atoms with Gasteiger partial charge in [-0.1, -0.05) is 12.1 Å². The maximum atomic E-state index is 13.2. The average Bonchev–Trinajstić information content (AvgIpc) is 2.68. The summed E-state index contributed by atoms with van der Waals surface area (Å²) < 4.78 is 13.2. The smallest absolute Gasteiger partial charge is 0.276 e. The third kappa shape index (κ3) is 2.08. The molecular weight excluding hydrogens is 209 g/mol. The number of hydrogen-bond donors (Lipinski definition) is 2. The van der Waals surface area contributed by atoms with Gasteiger partial charge in [-0.3, -0.25) is 9.89 Å². The molecule has 2 rings (SSSR count). The molecule has 4 nitrogen and oxygen atoms in total. The van der Waals surface area contributed by atoms with Crippen LogP contribution in [0.1, 0.15) is 16.2 Å². The Labute approximate surface area is 91.5 Å². The van der Waals surface area contributed by atoms with Gasteiger partial charge >= 0.3 is 0 Å². The molecular formula is C11H10FN3O. The molecule has 16 heavy (non-hydrogen) atoms. The van der Waals surface area contributed by atoms with E-state index in [-0.39, 0.29) is 11.4 Å². The van der Waals surface area contributed by atoms with Gasteiger partial charge in [-0.2, -0.15) is 5.10 Å². The van der Waals surface area contributed by atoms with Crippen molar-refractivity contribution < 1.29 is 9.18 Å². The van der Waals surface area contributed by atoms with Crippen molar-refractivity contribution in [2.75, 3.05) is 5.32 Å². The van der Waals surface area contributed by atoms with E-state index in [1.165, 1.54) is 12.1 Å². The zero-order chi connectivity index (χ0) is 11.5. The molecule has 1 aromatic carbocycles. The van der Waals surface area contributed by atoms with E-state index < -0.39 is 11.7 Å². The van der Waals surface area contributed by atoms with E-state index in [2.05, 4.69) is 15.5 Å². The fraction of sp³-hybridized carbons (Fsp3) is 0.0909. The van der Waals surface area contributed by atoms with Crippen molar-refractivity contribution in [2.45, 2.75) is 6.92 Å². The summed E-state index contributed by atoms with van der Waals surface area (Å²) >= 11 is 0. The third-order valence-electron chi connectivity index (χ3n) is 2.06. The SMILES string of the molecule is Cc1cc(C(=O)Nc2ccccc2F)n[nH]1. The van der Waals surface area contributed by atoms with Crippen molar-refractivity contribution in [1.82, 2.24) is 10.2 Å². The lowest BCUT2D eigenvalue weighted by Gasteiger charge is -2.03. The van der Waals surface area contributed by atoms with E-state index in [4.69, 9.17) is 0 Å². The summed E-state index contributed by atoms with van der Waals surface area (Å²) in [6.07, 6.45) is 0. The Morgan fingerprint density at radius 1 is 1.44 bits per heavy atom. The first-order valence-electron chi connectivity index (χ1n) is 4.75. The molecule has 0 aliphatic carbocycles. The van der Waals surface area contributed by atoms with E-state index in [0.29, 0.717) is 0 Å². The highest BCUT2D eigenvalue weighted by Crippen LogP contribution is 2.13. The molecule has 0 unspecified atom stereocenters. The molecule has 0 aliphatic heterocycles. The highest BCUT2D eigenvalue weighted by atomic mass is 19.1. The van der Waals surface area contributed by atoms with Gasteiger partial charge in [-0.25, -0.2) is 4.39 Å². The number of benzene rings is 1. The number of nitrogens with zero attached hydrogens (tertiary/aromatic N) is 1. The molecule has 0 fully saturated rings. The molecule has 0 aliphatic rings. The minimum atomic E-state index is -0.469. The highest BCUT2D eigenvalue weighted by Gasteiger charge is 2.11. The van der Waals surface area contributed by atoms with Gasteiger partial charge in [0.2, 0.25) is 0 Å². The van der Waals surface area contributed by atoms with Crippen LogP contribution in [0.25, 0.3) is 0 Å². The van der Waals surface area contributed by atoms with E-state index in [1.807, 2.05) is 0 Å². The summed E-state index contributed by atoms with van der Waals surface area (Å²) in [6, 6.07) is 7.58. The number of anilines is 1. The van der Waals surface area contributed by atoms with E-state index in [0.717, 1.165) is 5.69 Å². The molecule has 0 spiro atoms. The quantitative estimate of drug-likeness (QED) is 0.812. The van der Waals surface area contributed by atoms with Crippen LogP contribution in [-0.2, 0) is 0 Å². The van der Waals surface area contributed by atoms with Gasteiger partial charge < -0.3 is 5.32 Å². The third-order valence-corrected chi connectivity index (χ3v) is 2.06. The Morgan fingerprint density at radius 3 is 2.81 bits per heavy atom. The molecule has 1 amide bonds. The topological polar surface area (TPSA) is 57.8 Å². The first kappa shape index (κ1) is 10.4. The Kier molecular flexibility index (Phi) is 2.68. The fourth-order valence-electron chi connectivity index (χ4n) is 1.28. The zero-order valence-electron chi connectivity index (χ0n) is 8.62. The van der Waals surface area contributed by atoms with Gasteiger partial charge in [0.25, 0.3) is 5.91 Å². The van der Waals surface area contributed by atoms with Gasteiger partial charge in [-0.05, 0) is 25.1 Å². The average molecular weight is 219 g/mol. The summed E-state index contributed by atoms with van der Waals surface area (Å²) in [5.41, 5.74) is 1.16. The summed E-state index contributed by atoms with van der Waals surface area (Å²) in [4.78, 5) is 11.6. The minimum Gasteiger partial charge on any atom is -0.318 e. The molecule has 5 heteroatoms. The molecule has 0 atom stereocenters. The molecule has 0 saturated carbocycles. The number of carbonyl (C=O) groups excluding carboxylic acids is 1. The first-order chi connectivity index (χ1) is 7.66. The Hall–Kier alpha value is -2.17. The van der Waals surface area contributed by atoms with Gasteiger partial charge in [-0.15, -0.1) is 0 Å². The number of para-hydroxylation sites is 1. The number of hydrogen-bond acceptors (Lipinski definition) is 2. The number of aromatic nitrogens is 2. The first-order valence-corrected chi connectivity index (χ1v) is 4.75. The Balaban J connectivity index is 2.17. The largest absolute Gasteiger partial charge is 0.318 e. The number of aromatic amines is 1. The number of carbonyl (C=O) groups is 1. The second kappa shape index (κ2) is 4.14. The van der Waals surface area contributed by atoms with Crippen LogP contribution in [0.5, 0.6) is 0 Å². The maximum absolute atomic E-state index is 13.2. The molecule has 0 radical (unpaired) electrons. The Bertz CT molecular complexity index is 521. The number of H-pyrrole nitrogens is 1. The number of rotatable bonds is 2. The van der Waals surface area contributed by atoms with Gasteiger partial charge in [0.05, 0.1) is 5.69 Å². The van der Waals surface area contributed by atoms with Crippen molar-refractivity contribution in [1.29, 1.82) is 0 Å². The van der Waals surface area contributed by atoms with Crippen molar-refractivity contribution in [2.24, 2.45) is 0 Å². The normalized spacial score (nSPS) is 10.1. The standard InChI is InChI=1S/C11H10FN3O/c1-7-6-10(15-14-7)11(16)13-9-5-3-2-4-8(9)12/h2-6H,1H3,(H,13,16)(H,14,15). The van der Waals surface area contributed by atoms with Gasteiger partial charge in [0.15, 0.2) is 5.69 Å². The molecule has 2 aromatic rings. The van der Waals surface area contributed by atoms with Crippen molar-refractivity contribution in [3.8, 4) is 0 Å².